The average Bonchev–Trinajstić information content (AvgIpc) is 2.99. The molecule has 4 heteroatoms. The van der Waals surface area contributed by atoms with Crippen LogP contribution in [0, 0.1) is 0 Å². The van der Waals surface area contributed by atoms with E-state index < -0.39 is 0 Å². The Morgan fingerprint density at radius 2 is 2.28 bits per heavy atom. The summed E-state index contributed by atoms with van der Waals surface area (Å²) in [6.07, 6.45) is 7.67. The molecule has 0 amide bonds. The fraction of sp³-hybridized carbons (Fsp3) is 0.786. The summed E-state index contributed by atoms with van der Waals surface area (Å²) in [5.41, 5.74) is 1.13. The van der Waals surface area contributed by atoms with E-state index in [-0.39, 0.29) is 6.10 Å². The van der Waals surface area contributed by atoms with Gasteiger partial charge in [-0.2, -0.15) is 5.10 Å². The summed E-state index contributed by atoms with van der Waals surface area (Å²) in [6, 6.07) is 2.76. The van der Waals surface area contributed by atoms with E-state index >= 15 is 0 Å². The molecule has 1 aliphatic carbocycles. The first-order valence-corrected chi connectivity index (χ1v) is 7.16. The standard InChI is InChI=1S/C14H25N3O/c1-3-18-12(2)10-15-11-13-8-9-17(16-13)14-6-4-5-7-14/h8-9,12,14-15H,3-7,10-11H2,1-2H3. The maximum atomic E-state index is 5.48. The van der Waals surface area contributed by atoms with Crippen LogP contribution in [0.4, 0.5) is 0 Å². The van der Waals surface area contributed by atoms with E-state index in [1.165, 1.54) is 25.7 Å². The minimum absolute atomic E-state index is 0.270. The van der Waals surface area contributed by atoms with E-state index in [0.717, 1.165) is 25.4 Å². The Hall–Kier alpha value is -0.870. The summed E-state index contributed by atoms with van der Waals surface area (Å²) < 4.78 is 7.63. The Morgan fingerprint density at radius 3 is 3.00 bits per heavy atom. The van der Waals surface area contributed by atoms with Crippen molar-refractivity contribution in [2.45, 2.75) is 58.2 Å². The van der Waals surface area contributed by atoms with Crippen LogP contribution in [-0.2, 0) is 11.3 Å². The molecule has 1 aromatic rings. The molecule has 0 saturated heterocycles. The Morgan fingerprint density at radius 1 is 1.50 bits per heavy atom. The van der Waals surface area contributed by atoms with Gasteiger partial charge in [-0.3, -0.25) is 4.68 Å². The highest BCUT2D eigenvalue weighted by molar-refractivity contribution is 4.99. The first kappa shape index (κ1) is 13.6. The second kappa shape index (κ2) is 6.90. The first-order chi connectivity index (χ1) is 8.79. The predicted octanol–water partition coefficient (Wildman–Crippen LogP) is 2.51. The third-order valence-corrected chi connectivity index (χ3v) is 3.55. The lowest BCUT2D eigenvalue weighted by Gasteiger charge is -2.12. The molecule has 102 valence electrons. The van der Waals surface area contributed by atoms with Crippen molar-refractivity contribution in [2.75, 3.05) is 13.2 Å². The van der Waals surface area contributed by atoms with Crippen LogP contribution in [0.2, 0.25) is 0 Å². The molecule has 0 radical (unpaired) electrons. The minimum Gasteiger partial charge on any atom is -0.377 e. The smallest absolute Gasteiger partial charge is 0.0762 e. The normalized spacial score (nSPS) is 18.3. The molecule has 0 aromatic carbocycles. The van der Waals surface area contributed by atoms with Crippen molar-refractivity contribution in [3.8, 4) is 0 Å². The lowest BCUT2D eigenvalue weighted by atomic mass is 10.3. The summed E-state index contributed by atoms with van der Waals surface area (Å²) in [6.45, 7) is 6.60. The molecule has 1 aliphatic rings. The monoisotopic (exact) mass is 251 g/mol. The Balaban J connectivity index is 1.73. The molecule has 4 nitrogen and oxygen atoms in total. The summed E-state index contributed by atoms with van der Waals surface area (Å²) in [5, 5.41) is 8.04. The van der Waals surface area contributed by atoms with Gasteiger partial charge in [-0.25, -0.2) is 0 Å². The van der Waals surface area contributed by atoms with Gasteiger partial charge in [0.2, 0.25) is 0 Å². The number of aromatic nitrogens is 2. The first-order valence-electron chi connectivity index (χ1n) is 7.16. The second-order valence-electron chi connectivity index (χ2n) is 5.12. The SMILES string of the molecule is CCOC(C)CNCc1ccn(C2CCCC2)n1. The van der Waals surface area contributed by atoms with Gasteiger partial charge in [-0.05, 0) is 32.8 Å². The Kier molecular flexibility index (Phi) is 5.20. The van der Waals surface area contributed by atoms with Crippen molar-refractivity contribution in [1.29, 1.82) is 0 Å². The van der Waals surface area contributed by atoms with E-state index in [4.69, 9.17) is 4.74 Å². The molecular weight excluding hydrogens is 226 g/mol. The van der Waals surface area contributed by atoms with E-state index in [1.54, 1.807) is 0 Å². The molecule has 1 unspecified atom stereocenters. The quantitative estimate of drug-likeness (QED) is 0.809. The van der Waals surface area contributed by atoms with Crippen LogP contribution in [0.1, 0.15) is 51.3 Å². The summed E-state index contributed by atoms with van der Waals surface area (Å²) in [7, 11) is 0. The largest absolute Gasteiger partial charge is 0.377 e. The number of rotatable bonds is 7. The van der Waals surface area contributed by atoms with Gasteiger partial charge < -0.3 is 10.1 Å². The van der Waals surface area contributed by atoms with Crippen molar-refractivity contribution in [2.24, 2.45) is 0 Å². The zero-order valence-electron chi connectivity index (χ0n) is 11.6. The van der Waals surface area contributed by atoms with Gasteiger partial charge in [0.15, 0.2) is 0 Å². The maximum Gasteiger partial charge on any atom is 0.0762 e. The van der Waals surface area contributed by atoms with Crippen molar-refractivity contribution >= 4 is 0 Å². The van der Waals surface area contributed by atoms with Gasteiger partial charge in [0, 0.05) is 25.9 Å². The van der Waals surface area contributed by atoms with Crippen LogP contribution in [-0.4, -0.2) is 29.0 Å². The van der Waals surface area contributed by atoms with Crippen LogP contribution in [0.3, 0.4) is 0 Å². The molecule has 1 atom stereocenters. The molecule has 2 rings (SSSR count). The van der Waals surface area contributed by atoms with Crippen LogP contribution >= 0.6 is 0 Å². The summed E-state index contributed by atoms with van der Waals surface area (Å²) in [5.74, 6) is 0. The highest BCUT2D eigenvalue weighted by Gasteiger charge is 2.17. The molecular formula is C14H25N3O. The second-order valence-corrected chi connectivity index (χ2v) is 5.12. The maximum absolute atomic E-state index is 5.48. The molecule has 1 aromatic heterocycles. The van der Waals surface area contributed by atoms with Crippen LogP contribution in [0.25, 0.3) is 0 Å². The highest BCUT2D eigenvalue weighted by Crippen LogP contribution is 2.28. The number of hydrogen-bond acceptors (Lipinski definition) is 3. The van der Waals surface area contributed by atoms with Gasteiger partial charge >= 0.3 is 0 Å². The molecule has 0 spiro atoms. The van der Waals surface area contributed by atoms with Gasteiger partial charge in [0.05, 0.1) is 17.8 Å². The zero-order valence-corrected chi connectivity index (χ0v) is 11.6. The van der Waals surface area contributed by atoms with Gasteiger partial charge in [0.1, 0.15) is 0 Å². The van der Waals surface area contributed by atoms with Crippen molar-refractivity contribution in [3.05, 3.63) is 18.0 Å². The fourth-order valence-electron chi connectivity index (χ4n) is 2.59. The lowest BCUT2D eigenvalue weighted by molar-refractivity contribution is 0.0759. The van der Waals surface area contributed by atoms with Gasteiger partial charge in [-0.15, -0.1) is 0 Å². The fourth-order valence-corrected chi connectivity index (χ4v) is 2.59. The van der Waals surface area contributed by atoms with Gasteiger partial charge in [-0.1, -0.05) is 12.8 Å². The average molecular weight is 251 g/mol. The van der Waals surface area contributed by atoms with Gasteiger partial charge in [0.25, 0.3) is 0 Å². The highest BCUT2D eigenvalue weighted by atomic mass is 16.5. The van der Waals surface area contributed by atoms with Crippen molar-refractivity contribution in [1.82, 2.24) is 15.1 Å². The third kappa shape index (κ3) is 3.82. The van der Waals surface area contributed by atoms with Crippen LogP contribution in [0.15, 0.2) is 12.3 Å². The predicted molar refractivity (Wildman–Crippen MR) is 72.5 cm³/mol. The number of ether oxygens (including phenoxy) is 1. The summed E-state index contributed by atoms with van der Waals surface area (Å²) >= 11 is 0. The topological polar surface area (TPSA) is 39.1 Å². The van der Waals surface area contributed by atoms with E-state index in [9.17, 15) is 0 Å². The van der Waals surface area contributed by atoms with Crippen LogP contribution in [0.5, 0.6) is 0 Å². The molecule has 1 heterocycles. The molecule has 1 fully saturated rings. The zero-order chi connectivity index (χ0) is 12.8. The summed E-state index contributed by atoms with van der Waals surface area (Å²) in [4.78, 5) is 0. The third-order valence-electron chi connectivity index (χ3n) is 3.55. The Bertz CT molecular complexity index is 345. The van der Waals surface area contributed by atoms with E-state index in [1.807, 2.05) is 6.92 Å². The molecule has 0 aliphatic heterocycles. The molecule has 1 N–H and O–H groups in total. The lowest BCUT2D eigenvalue weighted by Crippen LogP contribution is -2.26. The van der Waals surface area contributed by atoms with E-state index in [2.05, 4.69) is 34.3 Å². The number of hydrogen-bond donors (Lipinski definition) is 1. The number of nitrogens with one attached hydrogen (secondary N) is 1. The van der Waals surface area contributed by atoms with Crippen molar-refractivity contribution < 1.29 is 4.74 Å². The minimum atomic E-state index is 0.270. The Labute approximate surface area is 110 Å². The number of nitrogens with zero attached hydrogens (tertiary/aromatic N) is 2. The van der Waals surface area contributed by atoms with E-state index in [0.29, 0.717) is 6.04 Å². The molecule has 1 saturated carbocycles. The molecule has 0 bridgehead atoms. The van der Waals surface area contributed by atoms with Crippen LogP contribution < -0.4 is 5.32 Å². The van der Waals surface area contributed by atoms with Crippen molar-refractivity contribution in [3.63, 3.8) is 0 Å². The molecule has 18 heavy (non-hydrogen) atoms.